The smallest absolute Gasteiger partial charge is 0.338 e. The van der Waals surface area contributed by atoms with Crippen LogP contribution in [0.25, 0.3) is 11.1 Å². The molecule has 0 aliphatic rings. The Morgan fingerprint density at radius 3 is 2.40 bits per heavy atom. The fraction of sp³-hybridized carbons (Fsp3) is 0.136. The third-order valence-corrected chi connectivity index (χ3v) is 4.74. The number of pyridine rings is 1. The first kappa shape index (κ1) is 23.7. The van der Waals surface area contributed by atoms with Gasteiger partial charge in [-0.15, -0.1) is 0 Å². The molecule has 13 heteroatoms. The highest BCUT2D eigenvalue weighted by atomic mass is 19.4. The van der Waals surface area contributed by atoms with E-state index in [0.717, 1.165) is 18.3 Å². The lowest BCUT2D eigenvalue weighted by molar-refractivity contribution is -0.137. The Morgan fingerprint density at radius 2 is 1.74 bits per heavy atom. The Balaban J connectivity index is 1.46. The van der Waals surface area contributed by atoms with E-state index in [9.17, 15) is 26.7 Å². The van der Waals surface area contributed by atoms with Crippen molar-refractivity contribution >= 4 is 23.4 Å². The minimum atomic E-state index is -4.64. The molecule has 2 N–H and O–H groups in total. The second kappa shape index (κ2) is 9.44. The summed E-state index contributed by atoms with van der Waals surface area (Å²) < 4.78 is 69.4. The molecule has 0 saturated carbocycles. The molecule has 8 nitrogen and oxygen atoms in total. The third-order valence-electron chi connectivity index (χ3n) is 4.74. The maximum atomic E-state index is 14.7. The quantitative estimate of drug-likeness (QED) is 0.388. The molecule has 0 bridgehead atoms. The molecule has 35 heavy (non-hydrogen) atoms. The molecule has 0 aliphatic heterocycles. The summed E-state index contributed by atoms with van der Waals surface area (Å²) in [6, 6.07) is 2.43. The van der Waals surface area contributed by atoms with Gasteiger partial charge in [0.1, 0.15) is 11.6 Å². The number of benzene rings is 1. The lowest BCUT2D eigenvalue weighted by Crippen LogP contribution is -2.16. The SMILES string of the molecule is Cn1cnc(Nc2ncc(-c3cc(F)c(CC(=O)Nc4cncc(C(F)(F)F)c4)cc3F)cn2)c1. The van der Waals surface area contributed by atoms with Crippen molar-refractivity contribution in [2.24, 2.45) is 7.05 Å². The highest BCUT2D eigenvalue weighted by Gasteiger charge is 2.31. The molecule has 0 spiro atoms. The van der Waals surface area contributed by atoms with Gasteiger partial charge in [0, 0.05) is 48.5 Å². The summed E-state index contributed by atoms with van der Waals surface area (Å²) in [5.74, 6) is -1.85. The fourth-order valence-electron chi connectivity index (χ4n) is 3.11. The summed E-state index contributed by atoms with van der Waals surface area (Å²) >= 11 is 0. The van der Waals surface area contributed by atoms with Crippen molar-refractivity contribution in [2.45, 2.75) is 12.6 Å². The van der Waals surface area contributed by atoms with Crippen molar-refractivity contribution in [1.82, 2.24) is 24.5 Å². The fourth-order valence-corrected chi connectivity index (χ4v) is 3.11. The predicted octanol–water partition coefficient (Wildman–Crippen LogP) is 4.49. The van der Waals surface area contributed by atoms with E-state index in [-0.39, 0.29) is 28.3 Å². The average Bonchev–Trinajstić information content (AvgIpc) is 3.20. The van der Waals surface area contributed by atoms with Crippen molar-refractivity contribution in [3.8, 4) is 11.1 Å². The molecule has 0 unspecified atom stereocenters. The van der Waals surface area contributed by atoms with Crippen LogP contribution in [0.3, 0.4) is 0 Å². The highest BCUT2D eigenvalue weighted by molar-refractivity contribution is 5.92. The molecule has 4 rings (SSSR count). The average molecular weight is 489 g/mol. The van der Waals surface area contributed by atoms with Gasteiger partial charge in [-0.25, -0.2) is 23.7 Å². The number of imidazole rings is 1. The number of carbonyl (C=O) groups is 1. The van der Waals surface area contributed by atoms with E-state index >= 15 is 0 Å². The molecule has 180 valence electrons. The van der Waals surface area contributed by atoms with Crippen LogP contribution < -0.4 is 10.6 Å². The minimum absolute atomic E-state index is 0.127. The maximum Gasteiger partial charge on any atom is 0.417 e. The van der Waals surface area contributed by atoms with Crippen molar-refractivity contribution in [2.75, 3.05) is 10.6 Å². The molecule has 1 aromatic carbocycles. The molecule has 0 atom stereocenters. The lowest BCUT2D eigenvalue weighted by atomic mass is 10.0. The number of nitrogens with zero attached hydrogens (tertiary/aromatic N) is 5. The zero-order valence-corrected chi connectivity index (χ0v) is 17.9. The van der Waals surface area contributed by atoms with E-state index in [1.54, 1.807) is 24.1 Å². The van der Waals surface area contributed by atoms with E-state index in [2.05, 4.69) is 30.6 Å². The van der Waals surface area contributed by atoms with Gasteiger partial charge in [-0.1, -0.05) is 0 Å². The number of alkyl halides is 3. The first-order valence-corrected chi connectivity index (χ1v) is 9.96. The maximum absolute atomic E-state index is 14.7. The number of rotatable bonds is 6. The second-order valence-corrected chi connectivity index (χ2v) is 7.45. The standard InChI is InChI=1S/C22H16F5N7O/c1-34-10-19(31-11-34)33-21-29-6-13(7-30-21)16-5-17(23)12(2-18(16)24)3-20(35)32-15-4-14(8-28-9-15)22(25,26)27/h2,4-11H,3H2,1H3,(H,32,35)(H,29,30,33). The van der Waals surface area contributed by atoms with E-state index in [4.69, 9.17) is 0 Å². The largest absolute Gasteiger partial charge is 0.417 e. The second-order valence-electron chi connectivity index (χ2n) is 7.45. The van der Waals surface area contributed by atoms with Gasteiger partial charge in [0.05, 0.1) is 30.2 Å². The van der Waals surface area contributed by atoms with Gasteiger partial charge in [0.25, 0.3) is 0 Å². The van der Waals surface area contributed by atoms with Crippen LogP contribution in [-0.2, 0) is 24.4 Å². The molecular weight excluding hydrogens is 473 g/mol. The predicted molar refractivity (Wildman–Crippen MR) is 115 cm³/mol. The number of anilines is 3. The van der Waals surface area contributed by atoms with Crippen LogP contribution in [0, 0.1) is 11.6 Å². The number of hydrogen-bond acceptors (Lipinski definition) is 6. The van der Waals surface area contributed by atoms with Gasteiger partial charge in [-0.05, 0) is 18.2 Å². The zero-order chi connectivity index (χ0) is 25.2. The Labute approximate surface area is 194 Å². The van der Waals surface area contributed by atoms with Gasteiger partial charge in [0.2, 0.25) is 11.9 Å². The monoisotopic (exact) mass is 489 g/mol. The molecule has 3 heterocycles. The summed E-state index contributed by atoms with van der Waals surface area (Å²) in [7, 11) is 1.79. The highest BCUT2D eigenvalue weighted by Crippen LogP contribution is 2.30. The Kier molecular flexibility index (Phi) is 6.40. The summed E-state index contributed by atoms with van der Waals surface area (Å²) in [6.45, 7) is 0. The van der Waals surface area contributed by atoms with Crippen LogP contribution in [0.1, 0.15) is 11.1 Å². The third kappa shape index (κ3) is 5.75. The normalized spacial score (nSPS) is 11.4. The number of carbonyl (C=O) groups excluding carboxylic acids is 1. The molecule has 0 aliphatic carbocycles. The summed E-state index contributed by atoms with van der Waals surface area (Å²) in [5.41, 5.74) is -1.49. The number of hydrogen-bond donors (Lipinski definition) is 2. The Bertz CT molecular complexity index is 1370. The first-order chi connectivity index (χ1) is 16.6. The molecule has 0 fully saturated rings. The van der Waals surface area contributed by atoms with Crippen LogP contribution in [0.5, 0.6) is 0 Å². The number of aryl methyl sites for hydroxylation is 1. The van der Waals surface area contributed by atoms with Crippen molar-refractivity contribution in [1.29, 1.82) is 0 Å². The number of nitrogens with one attached hydrogen (secondary N) is 2. The van der Waals surface area contributed by atoms with Gasteiger partial charge in [0.15, 0.2) is 5.82 Å². The topological polar surface area (TPSA) is 97.6 Å². The van der Waals surface area contributed by atoms with Gasteiger partial charge in [-0.3, -0.25) is 9.78 Å². The number of aromatic nitrogens is 5. The minimum Gasteiger partial charge on any atom is -0.338 e. The lowest BCUT2D eigenvalue weighted by Gasteiger charge is -2.11. The molecule has 3 aromatic heterocycles. The van der Waals surface area contributed by atoms with Crippen molar-refractivity contribution in [3.05, 3.63) is 78.3 Å². The van der Waals surface area contributed by atoms with E-state index in [0.29, 0.717) is 18.1 Å². The van der Waals surface area contributed by atoms with E-state index in [1.807, 2.05) is 0 Å². The first-order valence-electron chi connectivity index (χ1n) is 9.96. The zero-order valence-electron chi connectivity index (χ0n) is 17.9. The van der Waals surface area contributed by atoms with Gasteiger partial charge < -0.3 is 15.2 Å². The van der Waals surface area contributed by atoms with Crippen LogP contribution in [0.4, 0.5) is 39.4 Å². The van der Waals surface area contributed by atoms with Crippen molar-refractivity contribution in [3.63, 3.8) is 0 Å². The molecule has 1 amide bonds. The Morgan fingerprint density at radius 1 is 1.00 bits per heavy atom. The molecule has 0 saturated heterocycles. The van der Waals surface area contributed by atoms with E-state index < -0.39 is 35.7 Å². The van der Waals surface area contributed by atoms with Crippen LogP contribution in [0.15, 0.2) is 55.5 Å². The molecule has 0 radical (unpaired) electrons. The summed E-state index contributed by atoms with van der Waals surface area (Å²) in [6.07, 6.45) is 2.23. The molecule has 4 aromatic rings. The van der Waals surface area contributed by atoms with Crippen LogP contribution in [-0.4, -0.2) is 30.4 Å². The number of amides is 1. The van der Waals surface area contributed by atoms with Gasteiger partial charge >= 0.3 is 6.18 Å². The van der Waals surface area contributed by atoms with Crippen molar-refractivity contribution < 1.29 is 26.7 Å². The molecular formula is C22H16F5N7O. The summed E-state index contributed by atoms with van der Waals surface area (Å²) in [5, 5.41) is 5.06. The van der Waals surface area contributed by atoms with Crippen LogP contribution in [0.2, 0.25) is 0 Å². The summed E-state index contributed by atoms with van der Waals surface area (Å²) in [4.78, 5) is 27.8. The van der Waals surface area contributed by atoms with E-state index in [1.165, 1.54) is 12.4 Å². The van der Waals surface area contributed by atoms with Crippen LogP contribution >= 0.6 is 0 Å². The Hall–Kier alpha value is -4.42. The van der Waals surface area contributed by atoms with Gasteiger partial charge in [-0.2, -0.15) is 13.2 Å². The number of halogens is 5.